The van der Waals surface area contributed by atoms with Crippen molar-refractivity contribution in [2.75, 3.05) is 45.3 Å². The number of ether oxygens (including phenoxy) is 1. The molecule has 8 heteroatoms. The van der Waals surface area contributed by atoms with Crippen LogP contribution in [0.2, 0.25) is 0 Å². The molecule has 2 saturated heterocycles. The number of anilines is 1. The van der Waals surface area contributed by atoms with Crippen molar-refractivity contribution in [3.05, 3.63) is 17.8 Å². The fourth-order valence-electron chi connectivity index (χ4n) is 4.20. The zero-order chi connectivity index (χ0) is 18.9. The molecule has 27 heavy (non-hydrogen) atoms. The van der Waals surface area contributed by atoms with Crippen molar-refractivity contribution >= 4 is 33.3 Å². The molecule has 146 valence electrons. The van der Waals surface area contributed by atoms with E-state index in [1.807, 2.05) is 11.4 Å². The summed E-state index contributed by atoms with van der Waals surface area (Å²) in [6.07, 6.45) is 5.34. The molecule has 1 atom stereocenters. The molecular formula is C19H27N5O2S. The normalized spacial score (nSPS) is 22.5. The Balaban J connectivity index is 1.49. The third-order valence-corrected chi connectivity index (χ3v) is 6.85. The molecule has 0 bridgehead atoms. The number of rotatable bonds is 5. The molecule has 2 aliphatic heterocycles. The highest BCUT2D eigenvalue weighted by Gasteiger charge is 2.37. The molecule has 2 aromatic heterocycles. The lowest BCUT2D eigenvalue weighted by Crippen LogP contribution is -2.57. The van der Waals surface area contributed by atoms with Crippen LogP contribution in [0.15, 0.2) is 17.8 Å². The van der Waals surface area contributed by atoms with E-state index in [2.05, 4.69) is 39.2 Å². The van der Waals surface area contributed by atoms with Gasteiger partial charge in [0.2, 0.25) is 5.91 Å². The quantitative estimate of drug-likeness (QED) is 0.842. The predicted molar refractivity (Wildman–Crippen MR) is 107 cm³/mol. The molecule has 4 rings (SSSR count). The lowest BCUT2D eigenvalue weighted by atomic mass is 9.88. The molecule has 7 nitrogen and oxygen atoms in total. The van der Waals surface area contributed by atoms with Gasteiger partial charge in [0, 0.05) is 31.8 Å². The van der Waals surface area contributed by atoms with E-state index < -0.39 is 0 Å². The largest absolute Gasteiger partial charge is 0.381 e. The summed E-state index contributed by atoms with van der Waals surface area (Å²) in [5.41, 5.74) is -0.0209. The van der Waals surface area contributed by atoms with E-state index in [-0.39, 0.29) is 17.5 Å². The molecule has 0 radical (unpaired) electrons. The third kappa shape index (κ3) is 3.53. The van der Waals surface area contributed by atoms with Crippen molar-refractivity contribution in [2.45, 2.75) is 37.3 Å². The van der Waals surface area contributed by atoms with Gasteiger partial charge in [-0.15, -0.1) is 11.3 Å². The van der Waals surface area contributed by atoms with Crippen molar-refractivity contribution in [2.24, 2.45) is 0 Å². The van der Waals surface area contributed by atoms with Crippen LogP contribution in [0.1, 0.15) is 25.7 Å². The summed E-state index contributed by atoms with van der Waals surface area (Å²) in [5.74, 6) is 0.981. The van der Waals surface area contributed by atoms with E-state index in [0.717, 1.165) is 61.5 Å². The van der Waals surface area contributed by atoms with Crippen LogP contribution in [0.25, 0.3) is 10.2 Å². The maximum absolute atomic E-state index is 13.1. The Labute approximate surface area is 163 Å². The summed E-state index contributed by atoms with van der Waals surface area (Å²) < 4.78 is 5.53. The molecule has 1 unspecified atom stereocenters. The highest BCUT2D eigenvalue weighted by molar-refractivity contribution is 7.16. The number of fused-ring (bicyclic) bond motifs is 1. The second-order valence-electron chi connectivity index (χ2n) is 7.64. The summed E-state index contributed by atoms with van der Waals surface area (Å²) in [4.78, 5) is 27.3. The summed E-state index contributed by atoms with van der Waals surface area (Å²) in [6, 6.07) is 1.88. The van der Waals surface area contributed by atoms with Crippen molar-refractivity contribution in [1.82, 2.24) is 20.2 Å². The molecule has 2 aliphatic rings. The first-order valence-electron chi connectivity index (χ1n) is 9.58. The van der Waals surface area contributed by atoms with E-state index in [1.165, 1.54) is 0 Å². The van der Waals surface area contributed by atoms with Crippen LogP contribution >= 0.6 is 11.3 Å². The van der Waals surface area contributed by atoms with Crippen molar-refractivity contribution < 1.29 is 9.53 Å². The van der Waals surface area contributed by atoms with Crippen LogP contribution in [0.4, 0.5) is 5.82 Å². The standard InChI is InChI=1S/C19H27N5O2S/c1-23(2)19(6-9-26-10-7-19)12-20-17(25)15-4-3-8-24(15)16-14-5-11-27-18(14)22-13-21-16/h5,11,13,15H,3-4,6-10,12H2,1-2H3,(H,20,25). The van der Waals surface area contributed by atoms with Gasteiger partial charge < -0.3 is 19.9 Å². The van der Waals surface area contributed by atoms with Gasteiger partial charge in [0.05, 0.1) is 5.39 Å². The fraction of sp³-hybridized carbons (Fsp3) is 0.632. The first-order valence-corrected chi connectivity index (χ1v) is 10.5. The Morgan fingerprint density at radius 2 is 2.22 bits per heavy atom. The number of carbonyl (C=O) groups is 1. The monoisotopic (exact) mass is 389 g/mol. The minimum absolute atomic E-state index is 0.0209. The van der Waals surface area contributed by atoms with Gasteiger partial charge in [-0.25, -0.2) is 9.97 Å². The molecule has 2 fully saturated rings. The lowest BCUT2D eigenvalue weighted by molar-refractivity contribution is -0.123. The smallest absolute Gasteiger partial charge is 0.242 e. The minimum Gasteiger partial charge on any atom is -0.381 e. The molecule has 1 amide bonds. The number of hydrogen-bond donors (Lipinski definition) is 1. The van der Waals surface area contributed by atoms with Crippen LogP contribution in [0, 0.1) is 0 Å². The number of likely N-dealkylation sites (N-methyl/N-ethyl adjacent to an activating group) is 1. The Hall–Kier alpha value is -1.77. The van der Waals surface area contributed by atoms with Crippen molar-refractivity contribution in [3.8, 4) is 0 Å². The zero-order valence-corrected chi connectivity index (χ0v) is 16.8. The Bertz CT molecular complexity index is 802. The number of hydrogen-bond acceptors (Lipinski definition) is 7. The molecule has 0 spiro atoms. The number of carbonyl (C=O) groups excluding carboxylic acids is 1. The first kappa shape index (κ1) is 18.6. The van der Waals surface area contributed by atoms with Gasteiger partial charge in [-0.1, -0.05) is 0 Å². The van der Waals surface area contributed by atoms with Crippen molar-refractivity contribution in [3.63, 3.8) is 0 Å². The second-order valence-corrected chi connectivity index (χ2v) is 8.53. The lowest BCUT2D eigenvalue weighted by Gasteiger charge is -2.43. The van der Waals surface area contributed by atoms with Crippen LogP contribution in [-0.2, 0) is 9.53 Å². The highest BCUT2D eigenvalue weighted by atomic mass is 32.1. The number of nitrogens with one attached hydrogen (secondary N) is 1. The number of thiophene rings is 1. The van der Waals surface area contributed by atoms with Gasteiger partial charge in [0.1, 0.15) is 23.0 Å². The van der Waals surface area contributed by atoms with Gasteiger partial charge in [0.15, 0.2) is 0 Å². The molecule has 0 saturated carbocycles. The SMILES string of the molecule is CN(C)C1(CNC(=O)C2CCCN2c2ncnc3sccc23)CCOCC1. The van der Waals surface area contributed by atoms with Gasteiger partial charge in [-0.3, -0.25) is 4.79 Å². The Kier molecular flexibility index (Phi) is 5.29. The maximum Gasteiger partial charge on any atom is 0.242 e. The summed E-state index contributed by atoms with van der Waals surface area (Å²) in [5, 5.41) is 6.31. The fourth-order valence-corrected chi connectivity index (χ4v) is 4.93. The van der Waals surface area contributed by atoms with E-state index in [4.69, 9.17) is 4.74 Å². The topological polar surface area (TPSA) is 70.6 Å². The van der Waals surface area contributed by atoms with Crippen LogP contribution in [0.3, 0.4) is 0 Å². The minimum atomic E-state index is -0.165. The first-order chi connectivity index (χ1) is 13.1. The van der Waals surface area contributed by atoms with Gasteiger partial charge in [-0.2, -0.15) is 0 Å². The summed E-state index contributed by atoms with van der Waals surface area (Å²) >= 11 is 1.61. The van der Waals surface area contributed by atoms with Crippen LogP contribution < -0.4 is 10.2 Å². The van der Waals surface area contributed by atoms with Gasteiger partial charge in [0.25, 0.3) is 0 Å². The molecule has 0 aliphatic carbocycles. The molecule has 1 N–H and O–H groups in total. The number of aromatic nitrogens is 2. The van der Waals surface area contributed by atoms with Crippen molar-refractivity contribution in [1.29, 1.82) is 0 Å². The molecular weight excluding hydrogens is 362 g/mol. The van der Waals surface area contributed by atoms with Crippen LogP contribution in [-0.4, -0.2) is 72.8 Å². The second kappa shape index (κ2) is 7.69. The molecule has 2 aromatic rings. The van der Waals surface area contributed by atoms with Gasteiger partial charge >= 0.3 is 0 Å². The zero-order valence-electron chi connectivity index (χ0n) is 16.0. The predicted octanol–water partition coefficient (Wildman–Crippen LogP) is 1.89. The Morgan fingerprint density at radius 1 is 1.41 bits per heavy atom. The molecule has 0 aromatic carbocycles. The van der Waals surface area contributed by atoms with E-state index in [1.54, 1.807) is 17.7 Å². The summed E-state index contributed by atoms with van der Waals surface area (Å²) in [7, 11) is 4.18. The molecule has 4 heterocycles. The average Bonchev–Trinajstić information content (AvgIpc) is 3.35. The van der Waals surface area contributed by atoms with Crippen LogP contribution in [0.5, 0.6) is 0 Å². The highest BCUT2D eigenvalue weighted by Crippen LogP contribution is 2.32. The third-order valence-electron chi connectivity index (χ3n) is 6.03. The maximum atomic E-state index is 13.1. The summed E-state index contributed by atoms with van der Waals surface area (Å²) in [6.45, 7) is 3.01. The van der Waals surface area contributed by atoms with E-state index >= 15 is 0 Å². The average molecular weight is 390 g/mol. The number of nitrogens with zero attached hydrogens (tertiary/aromatic N) is 4. The van der Waals surface area contributed by atoms with E-state index in [0.29, 0.717) is 6.54 Å². The Morgan fingerprint density at radius 3 is 3.00 bits per heavy atom. The van der Waals surface area contributed by atoms with Gasteiger partial charge in [-0.05, 0) is 51.2 Å². The number of amides is 1. The van der Waals surface area contributed by atoms with E-state index in [9.17, 15) is 4.79 Å².